The van der Waals surface area contributed by atoms with Gasteiger partial charge in [0.25, 0.3) is 0 Å². The van der Waals surface area contributed by atoms with E-state index in [4.69, 9.17) is 10.5 Å². The summed E-state index contributed by atoms with van der Waals surface area (Å²) in [5.41, 5.74) is 6.27. The minimum atomic E-state index is -0.462. The zero-order valence-electron chi connectivity index (χ0n) is 6.25. The first kappa shape index (κ1) is 8.17. The second-order valence-electron chi connectivity index (χ2n) is 2.21. The van der Waals surface area contributed by atoms with Crippen molar-refractivity contribution in [2.45, 2.75) is 6.23 Å². The third-order valence-electron chi connectivity index (χ3n) is 1.45. The fourth-order valence-corrected chi connectivity index (χ4v) is 0.789. The van der Waals surface area contributed by atoms with E-state index in [-0.39, 0.29) is 5.82 Å². The lowest BCUT2D eigenvalue weighted by Gasteiger charge is -2.08. The minimum Gasteiger partial charge on any atom is -0.363 e. The molecule has 0 heterocycles. The van der Waals surface area contributed by atoms with E-state index >= 15 is 0 Å². The molecule has 0 aliphatic heterocycles. The van der Waals surface area contributed by atoms with Crippen LogP contribution in [0.25, 0.3) is 0 Å². The first-order valence-electron chi connectivity index (χ1n) is 3.28. The number of ether oxygens (including phenoxy) is 1. The molecule has 0 aliphatic carbocycles. The summed E-state index contributed by atoms with van der Waals surface area (Å²) < 4.78 is 17.2. The lowest BCUT2D eigenvalue weighted by molar-refractivity contribution is 0.109. The average Bonchev–Trinajstić information content (AvgIpc) is 2.05. The second-order valence-corrected chi connectivity index (χ2v) is 2.21. The molecule has 60 valence electrons. The predicted octanol–water partition coefficient (Wildman–Crippen LogP) is 1.43. The SMILES string of the molecule is COC(N)c1ccc(F)cc1. The highest BCUT2D eigenvalue weighted by Gasteiger charge is 2.02. The second kappa shape index (κ2) is 3.46. The Labute approximate surface area is 64.8 Å². The molecule has 0 aromatic heterocycles. The molecule has 1 unspecified atom stereocenters. The average molecular weight is 155 g/mol. The van der Waals surface area contributed by atoms with Crippen molar-refractivity contribution in [1.82, 2.24) is 0 Å². The summed E-state index contributed by atoms with van der Waals surface area (Å²) in [6, 6.07) is 5.91. The number of halogens is 1. The van der Waals surface area contributed by atoms with E-state index in [1.807, 2.05) is 0 Å². The van der Waals surface area contributed by atoms with Gasteiger partial charge >= 0.3 is 0 Å². The summed E-state index contributed by atoms with van der Waals surface area (Å²) in [7, 11) is 1.51. The Morgan fingerprint density at radius 3 is 2.36 bits per heavy atom. The highest BCUT2D eigenvalue weighted by atomic mass is 19.1. The van der Waals surface area contributed by atoms with Crippen molar-refractivity contribution in [3.63, 3.8) is 0 Å². The van der Waals surface area contributed by atoms with Gasteiger partial charge in [0.2, 0.25) is 0 Å². The lowest BCUT2D eigenvalue weighted by Crippen LogP contribution is -2.11. The van der Waals surface area contributed by atoms with Crippen LogP contribution in [-0.2, 0) is 4.74 Å². The van der Waals surface area contributed by atoms with Crippen molar-refractivity contribution in [3.05, 3.63) is 35.6 Å². The Morgan fingerprint density at radius 1 is 1.36 bits per heavy atom. The smallest absolute Gasteiger partial charge is 0.131 e. The van der Waals surface area contributed by atoms with Gasteiger partial charge in [-0.25, -0.2) is 4.39 Å². The third kappa shape index (κ3) is 2.00. The number of methoxy groups -OCH3 is 1. The van der Waals surface area contributed by atoms with Crippen LogP contribution < -0.4 is 5.73 Å². The van der Waals surface area contributed by atoms with Crippen LogP contribution in [0.5, 0.6) is 0 Å². The molecular weight excluding hydrogens is 145 g/mol. The van der Waals surface area contributed by atoms with Crippen LogP contribution in [-0.4, -0.2) is 7.11 Å². The van der Waals surface area contributed by atoms with E-state index in [9.17, 15) is 4.39 Å². The molecule has 1 aromatic rings. The van der Waals surface area contributed by atoms with Crippen LogP contribution in [0, 0.1) is 5.82 Å². The molecule has 0 saturated heterocycles. The molecule has 0 amide bonds. The zero-order valence-corrected chi connectivity index (χ0v) is 6.25. The molecule has 1 rings (SSSR count). The maximum Gasteiger partial charge on any atom is 0.131 e. The topological polar surface area (TPSA) is 35.2 Å². The predicted molar refractivity (Wildman–Crippen MR) is 40.3 cm³/mol. The number of rotatable bonds is 2. The van der Waals surface area contributed by atoms with E-state index in [0.717, 1.165) is 5.56 Å². The lowest BCUT2D eigenvalue weighted by atomic mass is 10.2. The van der Waals surface area contributed by atoms with Crippen LogP contribution in [0.15, 0.2) is 24.3 Å². The van der Waals surface area contributed by atoms with Crippen LogP contribution in [0.1, 0.15) is 11.8 Å². The molecule has 1 aromatic carbocycles. The van der Waals surface area contributed by atoms with Crippen LogP contribution >= 0.6 is 0 Å². The van der Waals surface area contributed by atoms with Crippen LogP contribution in [0.2, 0.25) is 0 Å². The maximum absolute atomic E-state index is 12.4. The zero-order chi connectivity index (χ0) is 8.27. The first-order valence-corrected chi connectivity index (χ1v) is 3.28. The van der Waals surface area contributed by atoms with E-state index in [1.165, 1.54) is 19.2 Å². The number of hydrogen-bond acceptors (Lipinski definition) is 2. The Bertz CT molecular complexity index is 222. The van der Waals surface area contributed by atoms with Crippen LogP contribution in [0.3, 0.4) is 0 Å². The maximum atomic E-state index is 12.4. The van der Waals surface area contributed by atoms with Crippen LogP contribution in [0.4, 0.5) is 4.39 Å². The monoisotopic (exact) mass is 155 g/mol. The van der Waals surface area contributed by atoms with E-state index < -0.39 is 6.23 Å². The van der Waals surface area contributed by atoms with E-state index in [0.29, 0.717) is 0 Å². The quantitative estimate of drug-likeness (QED) is 0.656. The Hall–Kier alpha value is -0.930. The van der Waals surface area contributed by atoms with Crippen molar-refractivity contribution in [2.75, 3.05) is 7.11 Å². The number of hydrogen-bond donors (Lipinski definition) is 1. The number of benzene rings is 1. The summed E-state index contributed by atoms with van der Waals surface area (Å²) in [6.45, 7) is 0. The van der Waals surface area contributed by atoms with Crippen molar-refractivity contribution >= 4 is 0 Å². The largest absolute Gasteiger partial charge is 0.363 e. The van der Waals surface area contributed by atoms with Gasteiger partial charge in [-0.1, -0.05) is 12.1 Å². The summed E-state index contributed by atoms with van der Waals surface area (Å²) >= 11 is 0. The van der Waals surface area contributed by atoms with Gasteiger partial charge in [-0.3, -0.25) is 0 Å². The molecule has 0 saturated carbocycles. The highest BCUT2D eigenvalue weighted by Crippen LogP contribution is 2.10. The van der Waals surface area contributed by atoms with Gasteiger partial charge in [0.05, 0.1) is 0 Å². The minimum absolute atomic E-state index is 0.267. The first-order chi connectivity index (χ1) is 5.24. The molecule has 0 aliphatic rings. The van der Waals surface area contributed by atoms with E-state index in [1.54, 1.807) is 12.1 Å². The molecule has 0 spiro atoms. The summed E-state index contributed by atoms with van der Waals surface area (Å²) in [5, 5.41) is 0. The van der Waals surface area contributed by atoms with Gasteiger partial charge in [-0.05, 0) is 17.7 Å². The van der Waals surface area contributed by atoms with Crippen molar-refractivity contribution in [3.8, 4) is 0 Å². The molecule has 0 radical (unpaired) electrons. The normalized spacial score (nSPS) is 13.0. The van der Waals surface area contributed by atoms with Gasteiger partial charge in [0.15, 0.2) is 0 Å². The van der Waals surface area contributed by atoms with Gasteiger partial charge in [0.1, 0.15) is 12.0 Å². The Kier molecular flexibility index (Phi) is 2.57. The Balaban J connectivity index is 2.81. The molecule has 1 atom stereocenters. The summed E-state index contributed by atoms with van der Waals surface area (Å²) in [6.07, 6.45) is -0.462. The van der Waals surface area contributed by atoms with Gasteiger partial charge in [-0.2, -0.15) is 0 Å². The molecule has 3 heteroatoms. The summed E-state index contributed by atoms with van der Waals surface area (Å²) in [5.74, 6) is -0.267. The van der Waals surface area contributed by atoms with Crippen molar-refractivity contribution < 1.29 is 9.13 Å². The fourth-order valence-electron chi connectivity index (χ4n) is 0.789. The molecule has 0 fully saturated rings. The van der Waals surface area contributed by atoms with Gasteiger partial charge in [0, 0.05) is 7.11 Å². The van der Waals surface area contributed by atoms with Gasteiger partial charge in [-0.15, -0.1) is 0 Å². The molecule has 2 nitrogen and oxygen atoms in total. The number of nitrogens with two attached hydrogens (primary N) is 1. The van der Waals surface area contributed by atoms with E-state index in [2.05, 4.69) is 0 Å². The van der Waals surface area contributed by atoms with Crippen molar-refractivity contribution in [1.29, 1.82) is 0 Å². The Morgan fingerprint density at radius 2 is 1.91 bits per heavy atom. The molecular formula is C8H10FNO. The molecule has 0 bridgehead atoms. The highest BCUT2D eigenvalue weighted by molar-refractivity contribution is 5.17. The fraction of sp³-hybridized carbons (Fsp3) is 0.250. The van der Waals surface area contributed by atoms with Crippen molar-refractivity contribution in [2.24, 2.45) is 5.73 Å². The molecule has 2 N–H and O–H groups in total. The third-order valence-corrected chi connectivity index (χ3v) is 1.45. The standard InChI is InChI=1S/C8H10FNO/c1-11-8(10)6-2-4-7(9)5-3-6/h2-5,8H,10H2,1H3. The summed E-state index contributed by atoms with van der Waals surface area (Å²) in [4.78, 5) is 0. The van der Waals surface area contributed by atoms with Gasteiger partial charge < -0.3 is 10.5 Å². The molecule has 11 heavy (non-hydrogen) atoms.